The van der Waals surface area contributed by atoms with Gasteiger partial charge in [0.2, 0.25) is 5.91 Å². The molecular formula is C16H22N2O2S. The van der Waals surface area contributed by atoms with Crippen molar-refractivity contribution in [1.29, 1.82) is 0 Å². The smallest absolute Gasteiger partial charge is 0.237 e. The highest BCUT2D eigenvalue weighted by Gasteiger charge is 2.33. The van der Waals surface area contributed by atoms with Gasteiger partial charge in [0, 0.05) is 31.0 Å². The van der Waals surface area contributed by atoms with Crippen molar-refractivity contribution in [3.63, 3.8) is 0 Å². The number of thioether (sulfide) groups is 1. The van der Waals surface area contributed by atoms with Crippen LogP contribution in [-0.2, 0) is 11.2 Å². The molecule has 114 valence electrons. The molecule has 3 atom stereocenters. The van der Waals surface area contributed by atoms with Gasteiger partial charge < -0.3 is 10.4 Å². The lowest BCUT2D eigenvalue weighted by molar-refractivity contribution is -0.127. The number of amides is 1. The topological polar surface area (TPSA) is 52.6 Å². The minimum atomic E-state index is -0.518. The number of hydrogen-bond acceptors (Lipinski definition) is 4. The van der Waals surface area contributed by atoms with Crippen LogP contribution >= 0.6 is 11.8 Å². The van der Waals surface area contributed by atoms with Gasteiger partial charge in [-0.25, -0.2) is 0 Å². The summed E-state index contributed by atoms with van der Waals surface area (Å²) < 4.78 is 0. The number of rotatable bonds is 3. The van der Waals surface area contributed by atoms with E-state index in [2.05, 4.69) is 10.2 Å². The average molecular weight is 306 g/mol. The highest BCUT2D eigenvalue weighted by molar-refractivity contribution is 7.99. The fourth-order valence-electron chi connectivity index (χ4n) is 3.15. The highest BCUT2D eigenvalue weighted by atomic mass is 32.2. The number of nitrogens with zero attached hydrogens (tertiary/aromatic N) is 1. The van der Waals surface area contributed by atoms with Gasteiger partial charge in [0.25, 0.3) is 0 Å². The highest BCUT2D eigenvalue weighted by Crippen LogP contribution is 2.31. The molecule has 1 aliphatic carbocycles. The third-order valence-corrected chi connectivity index (χ3v) is 5.42. The van der Waals surface area contributed by atoms with Crippen molar-refractivity contribution in [2.75, 3.05) is 24.6 Å². The summed E-state index contributed by atoms with van der Waals surface area (Å²) in [6.07, 6.45) is 0.103. The van der Waals surface area contributed by atoms with Crippen LogP contribution in [0.4, 0.5) is 0 Å². The Labute approximate surface area is 129 Å². The molecule has 1 heterocycles. The average Bonchev–Trinajstić information content (AvgIpc) is 2.83. The predicted octanol–water partition coefficient (Wildman–Crippen LogP) is 1.20. The van der Waals surface area contributed by atoms with Crippen molar-refractivity contribution < 1.29 is 9.90 Å². The Kier molecular flexibility index (Phi) is 4.52. The number of hydrogen-bond donors (Lipinski definition) is 2. The number of nitrogens with one attached hydrogen (secondary N) is 1. The van der Waals surface area contributed by atoms with E-state index in [0.717, 1.165) is 35.7 Å². The van der Waals surface area contributed by atoms with Gasteiger partial charge in [-0.3, -0.25) is 9.69 Å². The van der Waals surface area contributed by atoms with Crippen LogP contribution in [0.15, 0.2) is 24.3 Å². The van der Waals surface area contributed by atoms with E-state index in [1.807, 2.05) is 43.0 Å². The lowest BCUT2D eigenvalue weighted by Gasteiger charge is -2.32. The third kappa shape index (κ3) is 3.10. The van der Waals surface area contributed by atoms with Crippen LogP contribution in [0.3, 0.4) is 0 Å². The van der Waals surface area contributed by atoms with E-state index in [1.54, 1.807) is 0 Å². The molecule has 4 nitrogen and oxygen atoms in total. The first-order valence-corrected chi connectivity index (χ1v) is 8.70. The van der Waals surface area contributed by atoms with Gasteiger partial charge in [-0.15, -0.1) is 0 Å². The molecule has 0 radical (unpaired) electrons. The zero-order chi connectivity index (χ0) is 14.8. The van der Waals surface area contributed by atoms with E-state index in [1.165, 1.54) is 0 Å². The Hall–Kier alpha value is -1.04. The number of benzene rings is 1. The minimum absolute atomic E-state index is 0.0163. The second-order valence-corrected chi connectivity index (χ2v) is 7.01. The largest absolute Gasteiger partial charge is 0.390 e. The molecule has 2 aliphatic rings. The first-order valence-electron chi connectivity index (χ1n) is 7.55. The molecule has 1 saturated heterocycles. The van der Waals surface area contributed by atoms with Crippen LogP contribution in [0.25, 0.3) is 0 Å². The molecule has 1 aromatic carbocycles. The van der Waals surface area contributed by atoms with Crippen LogP contribution in [0, 0.1) is 0 Å². The Balaban J connectivity index is 1.67. The van der Waals surface area contributed by atoms with E-state index < -0.39 is 6.10 Å². The molecule has 1 aliphatic heterocycles. The van der Waals surface area contributed by atoms with Crippen molar-refractivity contribution >= 4 is 17.7 Å². The van der Waals surface area contributed by atoms with E-state index in [0.29, 0.717) is 6.42 Å². The summed E-state index contributed by atoms with van der Waals surface area (Å²) in [5.74, 6) is 2.20. The van der Waals surface area contributed by atoms with Crippen LogP contribution in [-0.4, -0.2) is 52.7 Å². The predicted molar refractivity (Wildman–Crippen MR) is 85.4 cm³/mol. The Morgan fingerprint density at radius 2 is 2.10 bits per heavy atom. The third-order valence-electron chi connectivity index (χ3n) is 4.47. The van der Waals surface area contributed by atoms with Gasteiger partial charge in [0.05, 0.1) is 18.2 Å². The van der Waals surface area contributed by atoms with Gasteiger partial charge >= 0.3 is 0 Å². The molecule has 0 spiro atoms. The molecule has 1 unspecified atom stereocenters. The molecule has 0 bridgehead atoms. The number of fused-ring (bicyclic) bond motifs is 1. The zero-order valence-electron chi connectivity index (χ0n) is 12.3. The van der Waals surface area contributed by atoms with Crippen LogP contribution < -0.4 is 5.32 Å². The fraction of sp³-hybridized carbons (Fsp3) is 0.562. The number of carbonyl (C=O) groups excluding carboxylic acids is 1. The summed E-state index contributed by atoms with van der Waals surface area (Å²) in [4.78, 5) is 14.7. The molecule has 2 N–H and O–H groups in total. The number of carbonyl (C=O) groups is 1. The van der Waals surface area contributed by atoms with Crippen LogP contribution in [0.5, 0.6) is 0 Å². The lowest BCUT2D eigenvalue weighted by atomic mass is 10.1. The normalized spacial score (nSPS) is 27.1. The summed E-state index contributed by atoms with van der Waals surface area (Å²) >= 11 is 1.94. The maximum absolute atomic E-state index is 12.5. The summed E-state index contributed by atoms with van der Waals surface area (Å²) in [5, 5.41) is 13.3. The van der Waals surface area contributed by atoms with Gasteiger partial charge in [-0.1, -0.05) is 24.3 Å². The number of aliphatic hydroxyl groups excluding tert-OH is 1. The molecule has 5 heteroatoms. The second-order valence-electron chi connectivity index (χ2n) is 5.78. The van der Waals surface area contributed by atoms with E-state index in [9.17, 15) is 9.90 Å². The fourth-order valence-corrected chi connectivity index (χ4v) is 4.08. The molecule has 0 aromatic heterocycles. The first-order chi connectivity index (χ1) is 10.2. The van der Waals surface area contributed by atoms with Crippen molar-refractivity contribution in [2.24, 2.45) is 0 Å². The van der Waals surface area contributed by atoms with Crippen molar-refractivity contribution in [1.82, 2.24) is 10.2 Å². The van der Waals surface area contributed by atoms with Crippen molar-refractivity contribution in [3.05, 3.63) is 35.4 Å². The van der Waals surface area contributed by atoms with E-state index in [4.69, 9.17) is 0 Å². The van der Waals surface area contributed by atoms with Crippen molar-refractivity contribution in [3.8, 4) is 0 Å². The molecule has 0 saturated carbocycles. The van der Waals surface area contributed by atoms with E-state index in [-0.39, 0.29) is 18.0 Å². The Morgan fingerprint density at radius 3 is 2.86 bits per heavy atom. The summed E-state index contributed by atoms with van der Waals surface area (Å²) in [6.45, 7) is 3.88. The molecule has 21 heavy (non-hydrogen) atoms. The maximum atomic E-state index is 12.5. The molecule has 1 fully saturated rings. The number of aliphatic hydroxyl groups is 1. The SMILES string of the molecule is CC(C(=O)N[C@@H]1c2ccccc2C[C@@H]1O)N1CCSCC1. The Morgan fingerprint density at radius 1 is 1.38 bits per heavy atom. The maximum Gasteiger partial charge on any atom is 0.237 e. The van der Waals surface area contributed by atoms with Crippen molar-refractivity contribution in [2.45, 2.75) is 31.5 Å². The first kappa shape index (κ1) is 14.9. The summed E-state index contributed by atoms with van der Waals surface area (Å²) in [6, 6.07) is 7.56. The minimum Gasteiger partial charge on any atom is -0.390 e. The van der Waals surface area contributed by atoms with Gasteiger partial charge in [-0.05, 0) is 18.1 Å². The molecule has 3 rings (SSSR count). The molecular weight excluding hydrogens is 284 g/mol. The Bertz CT molecular complexity index is 517. The van der Waals surface area contributed by atoms with Gasteiger partial charge in [0.1, 0.15) is 0 Å². The van der Waals surface area contributed by atoms with Gasteiger partial charge in [0.15, 0.2) is 0 Å². The molecule has 1 amide bonds. The lowest BCUT2D eigenvalue weighted by Crippen LogP contribution is -2.49. The van der Waals surface area contributed by atoms with Gasteiger partial charge in [-0.2, -0.15) is 11.8 Å². The second kappa shape index (κ2) is 6.38. The molecule has 1 aromatic rings. The monoisotopic (exact) mass is 306 g/mol. The summed E-state index contributed by atoms with van der Waals surface area (Å²) in [5.41, 5.74) is 2.19. The zero-order valence-corrected chi connectivity index (χ0v) is 13.1. The van der Waals surface area contributed by atoms with Crippen LogP contribution in [0.1, 0.15) is 24.1 Å². The van der Waals surface area contributed by atoms with Crippen LogP contribution in [0.2, 0.25) is 0 Å². The van der Waals surface area contributed by atoms with E-state index >= 15 is 0 Å². The standard InChI is InChI=1S/C16H22N2O2S/c1-11(18-6-8-21-9-7-18)16(20)17-15-13-5-3-2-4-12(13)10-14(15)19/h2-5,11,14-15,19H,6-10H2,1H3,(H,17,20)/t11?,14-,15+/m0/s1. The summed E-state index contributed by atoms with van der Waals surface area (Å²) in [7, 11) is 0. The quantitative estimate of drug-likeness (QED) is 0.881.